The van der Waals surface area contributed by atoms with Gasteiger partial charge in [-0.25, -0.2) is 9.97 Å². The summed E-state index contributed by atoms with van der Waals surface area (Å²) in [7, 11) is -1.87. The summed E-state index contributed by atoms with van der Waals surface area (Å²) in [5.41, 5.74) is 2.50. The number of benzene rings is 4. The lowest BCUT2D eigenvalue weighted by Gasteiger charge is -2.33. The minimum atomic E-state index is -4.54. The lowest BCUT2D eigenvalue weighted by atomic mass is 9.79. The highest BCUT2D eigenvalue weighted by molar-refractivity contribution is 9.10. The van der Waals surface area contributed by atoms with Gasteiger partial charge in [0.15, 0.2) is 0 Å². The maximum absolute atomic E-state index is 13.8. The summed E-state index contributed by atoms with van der Waals surface area (Å²) in [4.78, 5) is 48.4. The molecule has 0 saturated heterocycles. The van der Waals surface area contributed by atoms with Crippen LogP contribution < -0.4 is 26.4 Å². The Balaban J connectivity index is 0.000000176. The molecular weight excluding hydrogens is 1110 g/mol. The van der Waals surface area contributed by atoms with Crippen molar-refractivity contribution in [1.29, 1.82) is 0 Å². The average molecular weight is 1170 g/mol. The zero-order valence-electron chi connectivity index (χ0n) is 43.1. The molecule has 0 radical (unpaired) electrons. The minimum absolute atomic E-state index is 0.0923. The summed E-state index contributed by atoms with van der Waals surface area (Å²) < 4.78 is 80.3. The number of halogens is 7. The van der Waals surface area contributed by atoms with Gasteiger partial charge in [0.2, 0.25) is 11.9 Å². The molecule has 6 heterocycles. The van der Waals surface area contributed by atoms with E-state index in [-0.39, 0.29) is 34.4 Å². The first-order valence-corrected chi connectivity index (χ1v) is 26.6. The number of pyridine rings is 2. The summed E-state index contributed by atoms with van der Waals surface area (Å²) in [6.07, 6.45) is 0.577. The van der Waals surface area contributed by atoms with Gasteiger partial charge in [-0.1, -0.05) is 97.1 Å². The van der Waals surface area contributed by atoms with Crippen LogP contribution in [-0.4, -0.2) is 94.8 Å². The van der Waals surface area contributed by atoms with Gasteiger partial charge in [-0.15, -0.1) is 0 Å². The van der Waals surface area contributed by atoms with Crippen molar-refractivity contribution in [2.24, 2.45) is 0 Å². The molecule has 4 aromatic carbocycles. The molecule has 14 nitrogen and oxygen atoms in total. The van der Waals surface area contributed by atoms with Crippen LogP contribution in [0.1, 0.15) is 47.9 Å². The van der Waals surface area contributed by atoms with E-state index in [9.17, 15) is 46.1 Å². The first-order valence-electron chi connectivity index (χ1n) is 25.8. The number of rotatable bonds is 14. The van der Waals surface area contributed by atoms with Crippen LogP contribution in [0.2, 0.25) is 0 Å². The molecule has 2 aliphatic heterocycles. The fourth-order valence-electron chi connectivity index (χ4n) is 9.39. The highest BCUT2D eigenvalue weighted by Gasteiger charge is 2.33. The van der Waals surface area contributed by atoms with Gasteiger partial charge in [-0.05, 0) is 113 Å². The van der Waals surface area contributed by atoms with E-state index in [0.29, 0.717) is 85.6 Å². The predicted octanol–water partition coefficient (Wildman–Crippen LogP) is 8.85. The number of fused-ring (bicyclic) bond motifs is 2. The predicted molar refractivity (Wildman–Crippen MR) is 298 cm³/mol. The van der Waals surface area contributed by atoms with Crippen molar-refractivity contribution >= 4 is 40.4 Å². The Bertz CT molecular complexity index is 3440. The summed E-state index contributed by atoms with van der Waals surface area (Å²) in [6.45, 7) is 3.14. The van der Waals surface area contributed by atoms with Crippen LogP contribution in [0.3, 0.4) is 0 Å². The number of aromatic nitrogens is 6. The van der Waals surface area contributed by atoms with Crippen molar-refractivity contribution in [3.8, 4) is 33.6 Å². The summed E-state index contributed by atoms with van der Waals surface area (Å²) in [5, 5.41) is 38.6. The maximum Gasteiger partial charge on any atom is 0.488 e. The fourth-order valence-corrected chi connectivity index (χ4v) is 9.92. The normalized spacial score (nSPS) is 13.9. The minimum Gasteiger partial charge on any atom is -0.423 e. The Morgan fingerprint density at radius 2 is 0.988 bits per heavy atom. The molecule has 4 N–H and O–H groups in total. The van der Waals surface area contributed by atoms with Gasteiger partial charge in [-0.3, -0.25) is 28.7 Å². The van der Waals surface area contributed by atoms with Crippen LogP contribution in [0.5, 0.6) is 0 Å². The van der Waals surface area contributed by atoms with Gasteiger partial charge < -0.3 is 30.1 Å². The molecule has 0 amide bonds. The molecule has 0 spiro atoms. The average Bonchev–Trinajstić information content (AvgIpc) is 3.49. The Hall–Kier alpha value is -7.50. The summed E-state index contributed by atoms with van der Waals surface area (Å²) >= 11 is 3.43. The van der Waals surface area contributed by atoms with E-state index in [1.165, 1.54) is 28.3 Å². The van der Waals surface area contributed by atoms with Gasteiger partial charge in [0.1, 0.15) is 4.47 Å². The van der Waals surface area contributed by atoms with E-state index in [1.807, 2.05) is 70.5 Å². The van der Waals surface area contributed by atoms with Crippen LogP contribution in [0.4, 0.5) is 38.2 Å². The van der Waals surface area contributed by atoms with Gasteiger partial charge >= 0.3 is 19.5 Å². The van der Waals surface area contributed by atoms with Gasteiger partial charge in [-0.2, -0.15) is 26.3 Å². The number of aliphatic hydroxyl groups excluding tert-OH is 2. The number of alkyl halides is 6. The lowest BCUT2D eigenvalue weighted by molar-refractivity contribution is -0.138. The number of β-amino-alcohol motifs (C(OH)–C–C–N with tert-alkyl or cyclic N) is 2. The van der Waals surface area contributed by atoms with E-state index in [4.69, 9.17) is 20.0 Å². The standard InChI is InChI=1S/C29H27F3N4O2.C22H23BrN4O2.C7H6BF3O2/c30-29(31,32)23-9-4-8-22(18-23)25-26(21-12-14-33-15-13-21)34-28-35(16-5-17-36(28)27(25)38)19-24(37)11-10-20-6-2-1-3-7-20;23-19-20(17-9-11-24-12-10-17)25-22-26(13-4-14-27(22)21(19)29)15-18(28)8-7-16-5-2-1-3-6-16;9-7(10,11)5-2-1-3-6(4-5)8(12)13/h1-4,6-9,12-15,18,24,37H,5,10-11,16-17,19H2;1-3,5-6,9-12,18,28H,4,7-8,13-15H2;1-4,12-13H. The number of nitrogens with zero attached hydrogens (tertiary/aromatic N) is 8. The van der Waals surface area contributed by atoms with Crippen molar-refractivity contribution in [2.75, 3.05) is 36.0 Å². The third-order valence-electron chi connectivity index (χ3n) is 13.4. The zero-order chi connectivity index (χ0) is 57.0. The van der Waals surface area contributed by atoms with Gasteiger partial charge in [0.05, 0.1) is 40.3 Å². The number of hydrogen-bond donors (Lipinski definition) is 4. The molecule has 416 valence electrons. The van der Waals surface area contributed by atoms with Crippen LogP contribution in [0.25, 0.3) is 33.6 Å². The molecular formula is C58H56BBrF6N8O6. The lowest BCUT2D eigenvalue weighted by Crippen LogP contribution is -2.43. The van der Waals surface area contributed by atoms with Crippen LogP contribution >= 0.6 is 15.9 Å². The molecule has 0 saturated carbocycles. The smallest absolute Gasteiger partial charge is 0.423 e. The quantitative estimate of drug-likeness (QED) is 0.0601. The van der Waals surface area contributed by atoms with E-state index < -0.39 is 48.4 Å². The first kappa shape index (κ1) is 58.6. The number of aliphatic hydroxyl groups is 2. The molecule has 0 aliphatic carbocycles. The van der Waals surface area contributed by atoms with E-state index >= 15 is 0 Å². The fraction of sp³-hybridized carbons (Fsp3) is 0.276. The second kappa shape index (κ2) is 26.6. The molecule has 0 fully saturated rings. The molecule has 80 heavy (non-hydrogen) atoms. The number of hydrogen-bond acceptors (Lipinski definition) is 12. The molecule has 2 aliphatic rings. The van der Waals surface area contributed by atoms with Crippen molar-refractivity contribution < 1.29 is 46.6 Å². The SMILES string of the molecule is O=c1c(-c2cccc(C(F)(F)F)c2)c(-c2ccncc2)nc2n1CCCN2CC(O)CCc1ccccc1.O=c1c(Br)c(-c2ccncc2)nc2n1CCCN2CC(O)CCc1ccccc1.OB(O)c1cccc(C(F)(F)F)c1. The third kappa shape index (κ3) is 15.0. The third-order valence-corrected chi connectivity index (χ3v) is 14.1. The molecule has 2 atom stereocenters. The Kier molecular flexibility index (Phi) is 19.5. The highest BCUT2D eigenvalue weighted by atomic mass is 79.9. The number of anilines is 2. The van der Waals surface area contributed by atoms with Gasteiger partial charge in [0, 0.05) is 75.2 Å². The van der Waals surface area contributed by atoms with Crippen molar-refractivity contribution in [3.05, 3.63) is 206 Å². The molecule has 10 rings (SSSR count). The largest absolute Gasteiger partial charge is 0.488 e. The summed E-state index contributed by atoms with van der Waals surface area (Å²) in [5.74, 6) is 1.03. The van der Waals surface area contributed by atoms with Crippen molar-refractivity contribution in [2.45, 2.75) is 76.2 Å². The second-order valence-corrected chi connectivity index (χ2v) is 19.9. The highest BCUT2D eigenvalue weighted by Crippen LogP contribution is 2.36. The van der Waals surface area contributed by atoms with Crippen LogP contribution in [-0.2, 0) is 38.3 Å². The number of aryl methyl sites for hydroxylation is 2. The van der Waals surface area contributed by atoms with Crippen molar-refractivity contribution in [3.63, 3.8) is 0 Å². The Morgan fingerprint density at radius 1 is 0.537 bits per heavy atom. The first-order chi connectivity index (χ1) is 38.3. The molecule has 8 aromatic rings. The topological polar surface area (TPSA) is 183 Å². The van der Waals surface area contributed by atoms with E-state index in [1.54, 1.807) is 41.5 Å². The molecule has 4 aromatic heterocycles. The van der Waals surface area contributed by atoms with Gasteiger partial charge in [0.25, 0.3) is 11.1 Å². The Morgan fingerprint density at radius 3 is 1.48 bits per heavy atom. The monoisotopic (exact) mass is 1160 g/mol. The van der Waals surface area contributed by atoms with Crippen LogP contribution in [0.15, 0.2) is 172 Å². The van der Waals surface area contributed by atoms with E-state index in [0.717, 1.165) is 54.8 Å². The second-order valence-electron chi connectivity index (χ2n) is 19.1. The van der Waals surface area contributed by atoms with Crippen LogP contribution in [0, 0.1) is 0 Å². The molecule has 0 bridgehead atoms. The molecule has 22 heteroatoms. The maximum atomic E-state index is 13.8. The molecule has 2 unspecified atom stereocenters. The van der Waals surface area contributed by atoms with Crippen molar-refractivity contribution in [1.82, 2.24) is 29.1 Å². The zero-order valence-corrected chi connectivity index (χ0v) is 44.6. The Labute approximate surface area is 465 Å². The summed E-state index contributed by atoms with van der Waals surface area (Å²) in [6, 6.07) is 35.8. The van der Waals surface area contributed by atoms with E-state index in [2.05, 4.69) is 38.0 Å².